The van der Waals surface area contributed by atoms with Crippen LogP contribution in [0.25, 0.3) is 0 Å². The van der Waals surface area contributed by atoms with Gasteiger partial charge in [-0.2, -0.15) is 0 Å². The molecule has 1 aromatic carbocycles. The molecule has 2 aromatic rings. The summed E-state index contributed by atoms with van der Waals surface area (Å²) in [6, 6.07) is 7.17. The average molecular weight is 290 g/mol. The molecular formula is C16H19FN2O2. The van der Waals surface area contributed by atoms with Crippen molar-refractivity contribution in [2.24, 2.45) is 0 Å². The third-order valence-electron chi connectivity index (χ3n) is 2.96. The molecule has 1 N–H and O–H groups in total. The van der Waals surface area contributed by atoms with Gasteiger partial charge in [0.05, 0.1) is 13.3 Å². The molecule has 5 heteroatoms. The molecule has 0 aliphatic carbocycles. The second-order valence-electron chi connectivity index (χ2n) is 4.57. The summed E-state index contributed by atoms with van der Waals surface area (Å²) in [5.41, 5.74) is 1.79. The zero-order valence-electron chi connectivity index (χ0n) is 12.2. The van der Waals surface area contributed by atoms with Crippen LogP contribution in [0.3, 0.4) is 0 Å². The van der Waals surface area contributed by atoms with E-state index in [-0.39, 0.29) is 12.4 Å². The molecule has 0 bridgehead atoms. The van der Waals surface area contributed by atoms with Crippen molar-refractivity contribution in [1.82, 2.24) is 10.3 Å². The lowest BCUT2D eigenvalue weighted by molar-refractivity contribution is 0.283. The molecule has 0 amide bonds. The molecular weight excluding hydrogens is 271 g/mol. The van der Waals surface area contributed by atoms with Gasteiger partial charge in [0.1, 0.15) is 12.4 Å². The van der Waals surface area contributed by atoms with E-state index in [1.165, 1.54) is 12.3 Å². The van der Waals surface area contributed by atoms with E-state index in [9.17, 15) is 4.39 Å². The van der Waals surface area contributed by atoms with Crippen LogP contribution < -0.4 is 14.8 Å². The van der Waals surface area contributed by atoms with Crippen LogP contribution in [-0.4, -0.2) is 18.6 Å². The van der Waals surface area contributed by atoms with Crippen molar-refractivity contribution >= 4 is 0 Å². The molecule has 4 nitrogen and oxygen atoms in total. The fourth-order valence-corrected chi connectivity index (χ4v) is 1.91. The van der Waals surface area contributed by atoms with Crippen LogP contribution in [0.15, 0.2) is 36.7 Å². The lowest BCUT2D eigenvalue weighted by Gasteiger charge is -2.12. The first-order chi connectivity index (χ1) is 10.2. The summed E-state index contributed by atoms with van der Waals surface area (Å²) in [5, 5.41) is 3.25. The number of rotatable bonds is 7. The van der Waals surface area contributed by atoms with Crippen LogP contribution in [0.2, 0.25) is 0 Å². The summed E-state index contributed by atoms with van der Waals surface area (Å²) < 4.78 is 24.1. The molecule has 112 valence electrons. The molecule has 0 aliphatic rings. The first kappa shape index (κ1) is 15.3. The Balaban J connectivity index is 2.05. The Hall–Kier alpha value is -2.14. The summed E-state index contributed by atoms with van der Waals surface area (Å²) in [7, 11) is 1.60. The number of methoxy groups -OCH3 is 1. The lowest BCUT2D eigenvalue weighted by atomic mass is 10.2. The van der Waals surface area contributed by atoms with Gasteiger partial charge in [-0.05, 0) is 30.3 Å². The number of hydrogen-bond acceptors (Lipinski definition) is 4. The van der Waals surface area contributed by atoms with Crippen molar-refractivity contribution in [3.63, 3.8) is 0 Å². The smallest absolute Gasteiger partial charge is 0.161 e. The number of nitrogens with zero attached hydrogens (tertiary/aromatic N) is 1. The molecule has 0 aliphatic heterocycles. The molecule has 2 rings (SSSR count). The second-order valence-corrected chi connectivity index (χ2v) is 4.57. The fraction of sp³-hybridized carbons (Fsp3) is 0.312. The highest BCUT2D eigenvalue weighted by atomic mass is 19.1. The molecule has 21 heavy (non-hydrogen) atoms. The molecule has 0 saturated heterocycles. The van der Waals surface area contributed by atoms with E-state index in [4.69, 9.17) is 9.47 Å². The van der Waals surface area contributed by atoms with Gasteiger partial charge >= 0.3 is 0 Å². The highest BCUT2D eigenvalue weighted by Crippen LogP contribution is 2.28. The summed E-state index contributed by atoms with van der Waals surface area (Å²) >= 11 is 0. The van der Waals surface area contributed by atoms with Crippen molar-refractivity contribution in [2.45, 2.75) is 20.1 Å². The third kappa shape index (κ3) is 4.43. The average Bonchev–Trinajstić information content (AvgIpc) is 2.51. The summed E-state index contributed by atoms with van der Waals surface area (Å²) in [5.74, 6) is 0.917. The van der Waals surface area contributed by atoms with Gasteiger partial charge in [-0.3, -0.25) is 4.98 Å². The summed E-state index contributed by atoms with van der Waals surface area (Å²) in [6.07, 6.45) is 2.74. The van der Waals surface area contributed by atoms with Crippen molar-refractivity contribution in [3.05, 3.63) is 53.6 Å². The number of benzene rings is 1. The number of hydrogen-bond donors (Lipinski definition) is 1. The van der Waals surface area contributed by atoms with Crippen molar-refractivity contribution in [3.8, 4) is 11.5 Å². The van der Waals surface area contributed by atoms with Crippen molar-refractivity contribution in [1.29, 1.82) is 0 Å². The maximum absolute atomic E-state index is 13.1. The van der Waals surface area contributed by atoms with Gasteiger partial charge in [-0.25, -0.2) is 4.39 Å². The van der Waals surface area contributed by atoms with E-state index in [0.717, 1.165) is 18.7 Å². The van der Waals surface area contributed by atoms with Crippen LogP contribution in [0.4, 0.5) is 4.39 Å². The SMILES string of the molecule is CCNCc1ccc(OCc2cncc(F)c2)c(OC)c1. The number of ether oxygens (including phenoxy) is 2. The van der Waals surface area contributed by atoms with Gasteiger partial charge in [-0.15, -0.1) is 0 Å². The van der Waals surface area contributed by atoms with E-state index in [1.54, 1.807) is 13.3 Å². The summed E-state index contributed by atoms with van der Waals surface area (Å²) in [6.45, 7) is 3.99. The van der Waals surface area contributed by atoms with Gasteiger partial charge in [0, 0.05) is 18.3 Å². The number of nitrogens with one attached hydrogen (secondary N) is 1. The minimum Gasteiger partial charge on any atom is -0.493 e. The normalized spacial score (nSPS) is 10.4. The van der Waals surface area contributed by atoms with E-state index in [1.807, 2.05) is 18.2 Å². The molecule has 0 radical (unpaired) electrons. The Morgan fingerprint density at radius 3 is 2.71 bits per heavy atom. The topological polar surface area (TPSA) is 43.4 Å². The largest absolute Gasteiger partial charge is 0.493 e. The first-order valence-electron chi connectivity index (χ1n) is 6.82. The quantitative estimate of drug-likeness (QED) is 0.851. The maximum atomic E-state index is 13.1. The van der Waals surface area contributed by atoms with Crippen LogP contribution in [0, 0.1) is 5.82 Å². The Morgan fingerprint density at radius 1 is 1.14 bits per heavy atom. The second kappa shape index (κ2) is 7.59. The predicted molar refractivity (Wildman–Crippen MR) is 78.9 cm³/mol. The Labute approximate surface area is 123 Å². The standard InChI is InChI=1S/C16H19FN2O2/c1-3-18-8-12-4-5-15(16(7-12)20-2)21-11-13-6-14(17)10-19-9-13/h4-7,9-10,18H,3,8,11H2,1-2H3. The number of halogens is 1. The minimum atomic E-state index is -0.371. The van der Waals surface area contributed by atoms with Gasteiger partial charge < -0.3 is 14.8 Å². The minimum absolute atomic E-state index is 0.244. The highest BCUT2D eigenvalue weighted by Gasteiger charge is 2.06. The zero-order valence-corrected chi connectivity index (χ0v) is 12.2. The van der Waals surface area contributed by atoms with Crippen LogP contribution in [0.5, 0.6) is 11.5 Å². The zero-order chi connectivity index (χ0) is 15.1. The van der Waals surface area contributed by atoms with Crippen molar-refractivity contribution in [2.75, 3.05) is 13.7 Å². The first-order valence-corrected chi connectivity index (χ1v) is 6.82. The van der Waals surface area contributed by atoms with Gasteiger partial charge in [0.2, 0.25) is 0 Å². The van der Waals surface area contributed by atoms with Gasteiger partial charge in [0.25, 0.3) is 0 Å². The molecule has 0 unspecified atom stereocenters. The van der Waals surface area contributed by atoms with Crippen LogP contribution in [-0.2, 0) is 13.2 Å². The van der Waals surface area contributed by atoms with E-state index < -0.39 is 0 Å². The number of pyridine rings is 1. The lowest BCUT2D eigenvalue weighted by Crippen LogP contribution is -2.11. The van der Waals surface area contributed by atoms with Crippen molar-refractivity contribution < 1.29 is 13.9 Å². The maximum Gasteiger partial charge on any atom is 0.161 e. The monoisotopic (exact) mass is 290 g/mol. The molecule has 0 fully saturated rings. The molecule has 0 saturated carbocycles. The van der Waals surface area contributed by atoms with Gasteiger partial charge in [-0.1, -0.05) is 13.0 Å². The highest BCUT2D eigenvalue weighted by molar-refractivity contribution is 5.43. The molecule has 1 heterocycles. The van der Waals surface area contributed by atoms with E-state index in [2.05, 4.69) is 17.2 Å². The Kier molecular flexibility index (Phi) is 5.51. The Bertz CT molecular complexity index is 590. The third-order valence-corrected chi connectivity index (χ3v) is 2.96. The van der Waals surface area contributed by atoms with E-state index >= 15 is 0 Å². The Morgan fingerprint density at radius 2 is 2.00 bits per heavy atom. The summed E-state index contributed by atoms with van der Waals surface area (Å²) in [4.78, 5) is 3.79. The van der Waals surface area contributed by atoms with Gasteiger partial charge in [0.15, 0.2) is 11.5 Å². The molecule has 0 spiro atoms. The fourth-order valence-electron chi connectivity index (χ4n) is 1.91. The molecule has 0 atom stereocenters. The number of aromatic nitrogens is 1. The predicted octanol–water partition coefficient (Wildman–Crippen LogP) is 2.92. The van der Waals surface area contributed by atoms with Crippen LogP contribution in [0.1, 0.15) is 18.1 Å². The van der Waals surface area contributed by atoms with E-state index in [0.29, 0.717) is 17.1 Å². The molecule has 1 aromatic heterocycles. The van der Waals surface area contributed by atoms with Crippen LogP contribution >= 0.6 is 0 Å².